The van der Waals surface area contributed by atoms with Crippen LogP contribution in [0.1, 0.15) is 0 Å². The Morgan fingerprint density at radius 2 is 0.889 bits per heavy atom. The molecule has 6 nitrogen and oxygen atoms in total. The third kappa shape index (κ3) is 137. The molecule has 0 aromatic carbocycles. The van der Waals surface area contributed by atoms with Crippen LogP contribution >= 0.6 is 17.2 Å². The van der Waals surface area contributed by atoms with Gasteiger partial charge in [0.25, 0.3) is 0 Å². The van der Waals surface area contributed by atoms with Crippen molar-refractivity contribution < 1.29 is 80.7 Å². The van der Waals surface area contributed by atoms with Gasteiger partial charge in [-0.25, -0.2) is 0 Å². The van der Waals surface area contributed by atoms with Crippen molar-refractivity contribution in [1.29, 1.82) is 0 Å². The molecule has 0 heterocycles. The Morgan fingerprint density at radius 3 is 0.889 bits per heavy atom. The summed E-state index contributed by atoms with van der Waals surface area (Å²) in [7, 11) is -5.49. The van der Waals surface area contributed by atoms with Gasteiger partial charge >= 0.3 is 60.0 Å². The summed E-state index contributed by atoms with van der Waals surface area (Å²) in [5.74, 6) is 0. The molecule has 0 bridgehead atoms. The summed E-state index contributed by atoms with van der Waals surface area (Å²) in [5, 5.41) is 0. The van der Waals surface area contributed by atoms with Crippen LogP contribution in [0.3, 0.4) is 0 Å². The first kappa shape index (κ1) is 17.4. The number of hydrogen-bond acceptors (Lipinski definition) is 6. The van der Waals surface area contributed by atoms with Gasteiger partial charge in [-0.15, -0.1) is 0 Å². The van der Waals surface area contributed by atoms with E-state index in [0.717, 1.165) is 0 Å². The number of hydrogen-bond donors (Lipinski definition) is 5. The van der Waals surface area contributed by atoms with E-state index in [9.17, 15) is 0 Å². The normalized spacial score (nSPS) is 8.00. The quantitative estimate of drug-likeness (QED) is 0.197. The van der Waals surface area contributed by atoms with E-state index in [1.807, 2.05) is 0 Å². The zero-order valence-corrected chi connectivity index (χ0v) is 9.45. The van der Waals surface area contributed by atoms with E-state index in [1.165, 1.54) is 0 Å². The molecule has 9 heavy (non-hydrogen) atoms. The molecule has 0 aromatic heterocycles. The summed E-state index contributed by atoms with van der Waals surface area (Å²) in [6.07, 6.45) is 0. The fraction of sp³-hybridized carbons (Fsp3) is 0. The summed E-state index contributed by atoms with van der Waals surface area (Å²) < 4.78 is 0. The van der Waals surface area contributed by atoms with Crippen LogP contribution in [0.5, 0.6) is 0 Å². The van der Waals surface area contributed by atoms with Gasteiger partial charge in [-0.1, -0.05) is 0 Å². The Morgan fingerprint density at radius 1 is 0.889 bits per heavy atom. The van der Waals surface area contributed by atoms with Gasteiger partial charge in [0.2, 0.25) is 0 Å². The molecule has 9 heteroatoms. The number of rotatable bonds is 0. The molecule has 0 saturated carbocycles. The van der Waals surface area contributed by atoms with Crippen molar-refractivity contribution in [2.75, 3.05) is 0 Å². The summed E-state index contributed by atoms with van der Waals surface area (Å²) >= 11 is 0. The first-order valence-electron chi connectivity index (χ1n) is 1.18. The topological polar surface area (TPSA) is 124 Å². The molecule has 52 valence electrons. The van der Waals surface area contributed by atoms with Crippen molar-refractivity contribution in [1.82, 2.24) is 0 Å². The van der Waals surface area contributed by atoms with Crippen molar-refractivity contribution in [3.63, 3.8) is 0 Å². The molecule has 0 rings (SSSR count). The monoisotopic (exact) mass is 202 g/mol. The Hall–Kier alpha value is 2.26. The van der Waals surface area contributed by atoms with E-state index in [1.54, 1.807) is 0 Å². The maximum Gasteiger partial charge on any atom is 1.00 e. The minimum Gasteiger partial charge on any atom is -0.786 e. The Kier molecular flexibility index (Phi) is 24.9. The van der Waals surface area contributed by atoms with Crippen LogP contribution in [-0.4, -0.2) is 24.5 Å². The van der Waals surface area contributed by atoms with Crippen molar-refractivity contribution in [2.45, 2.75) is 0 Å². The molecule has 0 aliphatic heterocycles. The molecular weight excluding hydrogens is 197 g/mol. The van der Waals surface area contributed by atoms with Gasteiger partial charge in [-0.05, 0) is 0 Å². The third-order valence-electron chi connectivity index (χ3n) is 0. The second-order valence-corrected chi connectivity index (χ2v) is 1.56. The maximum atomic E-state index is 8.70. The first-order valence-corrected chi connectivity index (χ1v) is 3.55. The van der Waals surface area contributed by atoms with Crippen molar-refractivity contribution >= 4 is 17.2 Å². The molecule has 0 amide bonds. The van der Waals surface area contributed by atoms with Gasteiger partial charge in [-0.3, -0.25) is 0 Å². The van der Waals surface area contributed by atoms with Crippen LogP contribution < -0.4 is 56.3 Å². The zero-order chi connectivity index (χ0) is 7.15. The Bertz CT molecular complexity index is 26.5. The average Bonchev–Trinajstić information content (AvgIpc) is 1.25. The minimum absolute atomic E-state index is 0. The van der Waals surface area contributed by atoms with Crippen LogP contribution in [0.2, 0.25) is 0 Å². The first-order chi connectivity index (χ1) is 3.46. The SMILES string of the molecule is OP(O)O.[K+].[O-]P(O)O. The molecule has 0 spiro atoms. The van der Waals surface area contributed by atoms with E-state index >= 15 is 0 Å². The van der Waals surface area contributed by atoms with Gasteiger partial charge in [0.1, 0.15) is 0 Å². The van der Waals surface area contributed by atoms with Crippen LogP contribution in [0, 0.1) is 0 Å². The van der Waals surface area contributed by atoms with Crippen LogP contribution in [0.15, 0.2) is 0 Å². The molecule has 0 aromatic rings. The Balaban J connectivity index is -0.0000000720. The predicted octanol–water partition coefficient (Wildman–Crippen LogP) is -5.25. The minimum atomic E-state index is -2.87. The second-order valence-electron chi connectivity index (χ2n) is 0.521. The van der Waals surface area contributed by atoms with Gasteiger partial charge in [0.15, 0.2) is 0 Å². The molecule has 0 atom stereocenters. The summed E-state index contributed by atoms with van der Waals surface area (Å²) in [4.78, 5) is 44.6. The molecular formula is H5KO6P2. The van der Waals surface area contributed by atoms with Gasteiger partial charge in [-0.2, -0.15) is 0 Å². The van der Waals surface area contributed by atoms with Crippen molar-refractivity contribution in [3.05, 3.63) is 0 Å². The smallest absolute Gasteiger partial charge is 0.786 e. The molecule has 0 saturated heterocycles. The largest absolute Gasteiger partial charge is 1.00 e. The van der Waals surface area contributed by atoms with Crippen molar-refractivity contribution in [3.8, 4) is 0 Å². The van der Waals surface area contributed by atoms with E-state index in [-0.39, 0.29) is 51.4 Å². The van der Waals surface area contributed by atoms with Gasteiger partial charge in [0.05, 0.1) is 8.60 Å². The van der Waals surface area contributed by atoms with Gasteiger partial charge in [0, 0.05) is 0 Å². The van der Waals surface area contributed by atoms with E-state index in [2.05, 4.69) is 0 Å². The molecule has 5 N–H and O–H groups in total. The third-order valence-corrected chi connectivity index (χ3v) is 0. The molecule has 0 aliphatic rings. The predicted molar refractivity (Wildman–Crippen MR) is 24.9 cm³/mol. The summed E-state index contributed by atoms with van der Waals surface area (Å²) in [6, 6.07) is 0. The fourth-order valence-electron chi connectivity index (χ4n) is 0. The van der Waals surface area contributed by atoms with E-state index in [0.29, 0.717) is 0 Å². The van der Waals surface area contributed by atoms with Crippen LogP contribution in [0.4, 0.5) is 0 Å². The molecule has 0 aliphatic carbocycles. The van der Waals surface area contributed by atoms with Gasteiger partial charge < -0.3 is 29.4 Å². The average molecular weight is 202 g/mol. The molecule has 0 unspecified atom stereocenters. The van der Waals surface area contributed by atoms with Crippen LogP contribution in [-0.2, 0) is 0 Å². The summed E-state index contributed by atoms with van der Waals surface area (Å²) in [5.41, 5.74) is 0. The zero-order valence-electron chi connectivity index (χ0n) is 4.54. The summed E-state index contributed by atoms with van der Waals surface area (Å²) in [6.45, 7) is 0. The Labute approximate surface area is 96.6 Å². The van der Waals surface area contributed by atoms with E-state index < -0.39 is 17.2 Å². The van der Waals surface area contributed by atoms with E-state index in [4.69, 9.17) is 29.4 Å². The molecule has 0 fully saturated rings. The molecule has 0 radical (unpaired) electrons. The van der Waals surface area contributed by atoms with Crippen molar-refractivity contribution in [2.24, 2.45) is 0 Å². The fourth-order valence-corrected chi connectivity index (χ4v) is 0. The maximum absolute atomic E-state index is 8.70. The van der Waals surface area contributed by atoms with Crippen LogP contribution in [0.25, 0.3) is 0 Å². The second kappa shape index (κ2) is 12.9. The standard InChI is InChI=1S/K.H3O3P.H2O3P/c;2*1-4(2)3/h;1-3H;1-2H/q+1;;-1.